The minimum atomic E-state index is 0.169. The lowest BCUT2D eigenvalue weighted by atomic mass is 9.98. The Morgan fingerprint density at radius 2 is 2.16 bits per heavy atom. The van der Waals surface area contributed by atoms with Crippen molar-refractivity contribution in [2.75, 3.05) is 17.6 Å². The first-order valence-corrected chi connectivity index (χ1v) is 9.59. The highest BCUT2D eigenvalue weighted by atomic mass is 35.5. The molecule has 0 fully saturated rings. The molecule has 0 radical (unpaired) electrons. The highest BCUT2D eigenvalue weighted by Crippen LogP contribution is 2.46. The van der Waals surface area contributed by atoms with Crippen LogP contribution in [0.1, 0.15) is 27.7 Å². The topological polar surface area (TPSA) is 55.9 Å². The summed E-state index contributed by atoms with van der Waals surface area (Å²) < 4.78 is 7.19. The lowest BCUT2D eigenvalue weighted by molar-refractivity contribution is 0.399. The van der Waals surface area contributed by atoms with Gasteiger partial charge in [-0.25, -0.2) is 0 Å². The van der Waals surface area contributed by atoms with Crippen molar-refractivity contribution < 1.29 is 4.52 Å². The number of benzene rings is 1. The molecule has 0 aliphatic carbocycles. The maximum absolute atomic E-state index is 6.16. The maximum atomic E-state index is 6.16. The minimum absolute atomic E-state index is 0.169. The van der Waals surface area contributed by atoms with Crippen LogP contribution in [0.4, 0.5) is 5.82 Å². The zero-order valence-electron chi connectivity index (χ0n) is 14.3. The molecule has 1 aliphatic heterocycles. The van der Waals surface area contributed by atoms with Crippen molar-refractivity contribution in [1.82, 2.24) is 14.9 Å². The number of rotatable bonds is 2. The van der Waals surface area contributed by atoms with Crippen LogP contribution in [0.25, 0.3) is 11.4 Å². The zero-order valence-corrected chi connectivity index (χ0v) is 15.9. The van der Waals surface area contributed by atoms with E-state index in [4.69, 9.17) is 21.2 Å². The molecule has 130 valence electrons. The van der Waals surface area contributed by atoms with E-state index < -0.39 is 0 Å². The molecule has 3 aromatic rings. The molecule has 1 atom stereocenters. The van der Waals surface area contributed by atoms with Crippen molar-refractivity contribution in [2.24, 2.45) is 7.05 Å². The Hall–Kier alpha value is -1.92. The van der Waals surface area contributed by atoms with Crippen molar-refractivity contribution >= 4 is 29.2 Å². The molecule has 7 heteroatoms. The normalized spacial score (nSPS) is 17.0. The summed E-state index contributed by atoms with van der Waals surface area (Å²) in [7, 11) is 1.96. The molecule has 3 heterocycles. The number of thioether (sulfide) groups is 1. The smallest absolute Gasteiger partial charge is 0.134 e. The molecule has 0 saturated carbocycles. The maximum Gasteiger partial charge on any atom is 0.134 e. The number of hydrogen-bond acceptors (Lipinski definition) is 5. The van der Waals surface area contributed by atoms with Crippen molar-refractivity contribution in [3.05, 3.63) is 51.7 Å². The lowest BCUT2D eigenvalue weighted by Gasteiger charge is -2.18. The molecule has 2 aromatic heterocycles. The molecule has 0 amide bonds. The summed E-state index contributed by atoms with van der Waals surface area (Å²) in [6.45, 7) is 4.90. The van der Waals surface area contributed by atoms with Crippen LogP contribution in [-0.2, 0) is 7.05 Å². The second kappa shape index (κ2) is 6.42. The van der Waals surface area contributed by atoms with E-state index in [0.717, 1.165) is 45.8 Å². The monoisotopic (exact) mass is 374 g/mol. The molecule has 1 aromatic carbocycles. The predicted octanol–water partition coefficient (Wildman–Crippen LogP) is 4.59. The van der Waals surface area contributed by atoms with Crippen molar-refractivity contribution in [3.8, 4) is 11.4 Å². The fourth-order valence-corrected chi connectivity index (χ4v) is 4.79. The van der Waals surface area contributed by atoms with Gasteiger partial charge in [-0.15, -0.1) is 11.8 Å². The van der Waals surface area contributed by atoms with Crippen molar-refractivity contribution in [2.45, 2.75) is 19.1 Å². The Morgan fingerprint density at radius 1 is 1.32 bits per heavy atom. The summed E-state index contributed by atoms with van der Waals surface area (Å²) in [5, 5.41) is 13.4. The van der Waals surface area contributed by atoms with Crippen LogP contribution in [0.5, 0.6) is 0 Å². The fourth-order valence-electron chi connectivity index (χ4n) is 3.27. The summed E-state index contributed by atoms with van der Waals surface area (Å²) in [4.78, 5) is 0. The Balaban J connectivity index is 1.92. The van der Waals surface area contributed by atoms with Gasteiger partial charge in [0.15, 0.2) is 0 Å². The quantitative estimate of drug-likeness (QED) is 0.710. The van der Waals surface area contributed by atoms with E-state index >= 15 is 0 Å². The molecule has 0 spiro atoms. The highest BCUT2D eigenvalue weighted by Gasteiger charge is 2.30. The number of nitrogens with zero attached hydrogens (tertiary/aromatic N) is 3. The molecule has 1 unspecified atom stereocenters. The Bertz CT molecular complexity index is 933. The third-order valence-corrected chi connectivity index (χ3v) is 5.91. The van der Waals surface area contributed by atoms with Crippen LogP contribution in [0.3, 0.4) is 0 Å². The van der Waals surface area contributed by atoms with Gasteiger partial charge in [-0.1, -0.05) is 22.8 Å². The third kappa shape index (κ3) is 2.93. The predicted molar refractivity (Wildman–Crippen MR) is 102 cm³/mol. The van der Waals surface area contributed by atoms with Crippen LogP contribution < -0.4 is 5.32 Å². The molecule has 5 nitrogen and oxygen atoms in total. The van der Waals surface area contributed by atoms with Gasteiger partial charge in [0.1, 0.15) is 23.0 Å². The second-order valence-corrected chi connectivity index (χ2v) is 7.89. The van der Waals surface area contributed by atoms with Gasteiger partial charge in [-0.05, 0) is 37.1 Å². The average molecular weight is 375 g/mol. The van der Waals surface area contributed by atoms with E-state index in [1.165, 1.54) is 11.1 Å². The first kappa shape index (κ1) is 16.5. The van der Waals surface area contributed by atoms with Crippen LogP contribution >= 0.6 is 23.4 Å². The largest absolute Gasteiger partial charge is 0.369 e. The van der Waals surface area contributed by atoms with E-state index in [1.807, 2.05) is 48.6 Å². The molecular weight excluding hydrogens is 356 g/mol. The number of hydrogen-bond donors (Lipinski definition) is 1. The first-order chi connectivity index (χ1) is 12.0. The van der Waals surface area contributed by atoms with E-state index in [0.29, 0.717) is 0 Å². The molecule has 0 bridgehead atoms. The summed E-state index contributed by atoms with van der Waals surface area (Å²) in [5.74, 6) is 2.83. The summed E-state index contributed by atoms with van der Waals surface area (Å²) in [6.07, 6.45) is 0. The molecule has 25 heavy (non-hydrogen) atoms. The van der Waals surface area contributed by atoms with Gasteiger partial charge in [-0.3, -0.25) is 4.68 Å². The first-order valence-electron chi connectivity index (χ1n) is 8.16. The number of anilines is 1. The Kier molecular flexibility index (Phi) is 4.25. The van der Waals surface area contributed by atoms with Crippen molar-refractivity contribution in [3.63, 3.8) is 0 Å². The van der Waals surface area contributed by atoms with Crippen molar-refractivity contribution in [1.29, 1.82) is 0 Å². The fraction of sp³-hybridized carbons (Fsp3) is 0.333. The number of nitrogens with one attached hydrogen (secondary N) is 1. The van der Waals surface area contributed by atoms with Gasteiger partial charge in [0.05, 0.1) is 5.25 Å². The van der Waals surface area contributed by atoms with E-state index in [9.17, 15) is 0 Å². The molecule has 0 saturated heterocycles. The van der Waals surface area contributed by atoms with Gasteiger partial charge >= 0.3 is 0 Å². The number of aromatic nitrogens is 3. The lowest BCUT2D eigenvalue weighted by Crippen LogP contribution is -2.06. The van der Waals surface area contributed by atoms with E-state index in [-0.39, 0.29) is 5.25 Å². The molecule has 4 rings (SSSR count). The Labute approximate surface area is 155 Å². The van der Waals surface area contributed by atoms with E-state index in [1.54, 1.807) is 0 Å². The SMILES string of the molecule is Cc1cc(-c2nn(C)c3c2C(c2ccc(Cl)cc2C)SCCN3)no1. The van der Waals surface area contributed by atoms with Crippen LogP contribution in [-0.4, -0.2) is 27.2 Å². The second-order valence-electron chi connectivity index (χ2n) is 6.24. The summed E-state index contributed by atoms with van der Waals surface area (Å²) >= 11 is 8.08. The molecule has 1 N–H and O–H groups in total. The number of fused-ring (bicyclic) bond motifs is 1. The Morgan fingerprint density at radius 3 is 2.88 bits per heavy atom. The van der Waals surface area contributed by atoms with Gasteiger partial charge in [0.25, 0.3) is 0 Å². The average Bonchev–Trinajstić information content (AvgIpc) is 3.05. The van der Waals surface area contributed by atoms with Crippen LogP contribution in [0, 0.1) is 13.8 Å². The molecular formula is C18H19ClN4OS. The third-order valence-electron chi connectivity index (χ3n) is 4.41. The van der Waals surface area contributed by atoms with Gasteiger partial charge in [-0.2, -0.15) is 5.10 Å². The van der Waals surface area contributed by atoms with Crippen LogP contribution in [0.15, 0.2) is 28.8 Å². The number of aryl methyl sites for hydroxylation is 3. The standard InChI is InChI=1S/C18H19ClN4OS/c1-10-8-12(19)4-5-13(10)17-15-16(14-9-11(2)24-22-14)21-23(3)18(15)20-6-7-25-17/h4-5,8-9,17,20H,6-7H2,1-3H3. The number of halogens is 1. The van der Waals surface area contributed by atoms with Gasteiger partial charge in [0.2, 0.25) is 0 Å². The summed E-state index contributed by atoms with van der Waals surface area (Å²) in [5.41, 5.74) is 5.24. The van der Waals surface area contributed by atoms with Gasteiger partial charge < -0.3 is 9.84 Å². The van der Waals surface area contributed by atoms with Crippen LogP contribution in [0.2, 0.25) is 5.02 Å². The minimum Gasteiger partial charge on any atom is -0.369 e. The summed E-state index contributed by atoms with van der Waals surface area (Å²) in [6, 6.07) is 8.03. The highest BCUT2D eigenvalue weighted by molar-refractivity contribution is 7.99. The molecule has 1 aliphatic rings. The van der Waals surface area contributed by atoms with E-state index in [2.05, 4.69) is 23.5 Å². The zero-order chi connectivity index (χ0) is 17.6. The van der Waals surface area contributed by atoms with Gasteiger partial charge in [0, 0.05) is 36.0 Å².